The SMILES string of the molecule is COc1cnc(NCC(F)(F)CO)nc1. The third-order valence-electron chi connectivity index (χ3n) is 1.60. The van der Waals surface area contributed by atoms with Crippen LogP contribution in [0.1, 0.15) is 0 Å². The van der Waals surface area contributed by atoms with E-state index in [1.54, 1.807) is 0 Å². The van der Waals surface area contributed by atoms with E-state index in [1.165, 1.54) is 19.5 Å². The summed E-state index contributed by atoms with van der Waals surface area (Å²) in [5.74, 6) is -2.68. The smallest absolute Gasteiger partial charge is 0.287 e. The van der Waals surface area contributed by atoms with Crippen molar-refractivity contribution in [2.75, 3.05) is 25.6 Å². The second-order valence-corrected chi connectivity index (χ2v) is 2.81. The Bertz CT molecular complexity index is 305. The van der Waals surface area contributed by atoms with Gasteiger partial charge in [0.15, 0.2) is 5.75 Å². The van der Waals surface area contributed by atoms with E-state index >= 15 is 0 Å². The molecule has 84 valence electrons. The summed E-state index contributed by atoms with van der Waals surface area (Å²) >= 11 is 0. The van der Waals surface area contributed by atoms with Crippen LogP contribution in [0.25, 0.3) is 0 Å². The van der Waals surface area contributed by atoms with Gasteiger partial charge in [-0.25, -0.2) is 18.7 Å². The summed E-state index contributed by atoms with van der Waals surface area (Å²) in [4.78, 5) is 7.45. The number of rotatable bonds is 5. The van der Waals surface area contributed by atoms with Crippen molar-refractivity contribution in [2.45, 2.75) is 5.92 Å². The van der Waals surface area contributed by atoms with Gasteiger partial charge in [-0.2, -0.15) is 0 Å². The monoisotopic (exact) mass is 219 g/mol. The Morgan fingerprint density at radius 1 is 1.47 bits per heavy atom. The molecular formula is C8H11F2N3O2. The summed E-state index contributed by atoms with van der Waals surface area (Å²) in [5.41, 5.74) is 0. The van der Waals surface area contributed by atoms with Gasteiger partial charge < -0.3 is 15.2 Å². The Balaban J connectivity index is 2.51. The van der Waals surface area contributed by atoms with Crippen molar-refractivity contribution >= 4 is 5.95 Å². The van der Waals surface area contributed by atoms with Gasteiger partial charge >= 0.3 is 0 Å². The number of aliphatic hydroxyl groups excluding tert-OH is 1. The molecule has 1 aromatic heterocycles. The quantitative estimate of drug-likeness (QED) is 0.755. The Hall–Kier alpha value is -1.50. The van der Waals surface area contributed by atoms with Crippen LogP contribution in [0, 0.1) is 0 Å². The highest BCUT2D eigenvalue weighted by Gasteiger charge is 2.27. The molecule has 0 fully saturated rings. The Kier molecular flexibility index (Phi) is 3.73. The normalized spacial score (nSPS) is 11.2. The van der Waals surface area contributed by atoms with Crippen molar-refractivity contribution in [1.82, 2.24) is 9.97 Å². The molecule has 1 aromatic rings. The van der Waals surface area contributed by atoms with Gasteiger partial charge in [0, 0.05) is 0 Å². The van der Waals surface area contributed by atoms with Crippen LogP contribution in [0.3, 0.4) is 0 Å². The zero-order valence-electron chi connectivity index (χ0n) is 8.07. The predicted molar refractivity (Wildman–Crippen MR) is 49.1 cm³/mol. The molecule has 0 aliphatic rings. The first kappa shape index (κ1) is 11.6. The molecule has 0 saturated carbocycles. The standard InChI is InChI=1S/C8H11F2N3O2/c1-15-6-2-11-7(12-3-6)13-4-8(9,10)5-14/h2-3,14H,4-5H2,1H3,(H,11,12,13). The first-order chi connectivity index (χ1) is 7.07. The third-order valence-corrected chi connectivity index (χ3v) is 1.60. The molecule has 0 amide bonds. The number of halogens is 2. The average Bonchev–Trinajstić information content (AvgIpc) is 2.27. The Morgan fingerprint density at radius 3 is 2.53 bits per heavy atom. The first-order valence-corrected chi connectivity index (χ1v) is 4.16. The molecular weight excluding hydrogens is 208 g/mol. The number of nitrogens with zero attached hydrogens (tertiary/aromatic N) is 2. The number of hydrogen-bond acceptors (Lipinski definition) is 5. The minimum Gasteiger partial charge on any atom is -0.494 e. The van der Waals surface area contributed by atoms with E-state index in [4.69, 9.17) is 9.84 Å². The maximum Gasteiger partial charge on any atom is 0.287 e. The molecule has 1 rings (SSSR count). The lowest BCUT2D eigenvalue weighted by atomic mass is 10.3. The van der Waals surface area contributed by atoms with Crippen LogP contribution in [0.5, 0.6) is 5.75 Å². The van der Waals surface area contributed by atoms with Crippen molar-refractivity contribution in [3.05, 3.63) is 12.4 Å². The van der Waals surface area contributed by atoms with E-state index < -0.39 is 19.1 Å². The van der Waals surface area contributed by atoms with E-state index in [2.05, 4.69) is 15.3 Å². The molecule has 0 bridgehead atoms. The van der Waals surface area contributed by atoms with Crippen LogP contribution < -0.4 is 10.1 Å². The maximum absolute atomic E-state index is 12.6. The summed E-state index contributed by atoms with van der Waals surface area (Å²) in [6.45, 7) is -1.92. The maximum atomic E-state index is 12.6. The molecule has 2 N–H and O–H groups in total. The average molecular weight is 219 g/mol. The number of hydrogen-bond donors (Lipinski definition) is 2. The van der Waals surface area contributed by atoms with Crippen LogP contribution in [0.4, 0.5) is 14.7 Å². The minimum absolute atomic E-state index is 0.0592. The number of nitrogens with one attached hydrogen (secondary N) is 1. The van der Waals surface area contributed by atoms with Crippen LogP contribution >= 0.6 is 0 Å². The zero-order chi connectivity index (χ0) is 11.3. The highest BCUT2D eigenvalue weighted by molar-refractivity contribution is 5.27. The molecule has 0 saturated heterocycles. The number of aromatic nitrogens is 2. The molecule has 0 aliphatic heterocycles. The highest BCUT2D eigenvalue weighted by atomic mass is 19.3. The van der Waals surface area contributed by atoms with Crippen molar-refractivity contribution in [3.63, 3.8) is 0 Å². The van der Waals surface area contributed by atoms with Gasteiger partial charge in [0.2, 0.25) is 5.95 Å². The van der Waals surface area contributed by atoms with E-state index in [9.17, 15) is 8.78 Å². The molecule has 1 heterocycles. The topological polar surface area (TPSA) is 67.3 Å². The number of anilines is 1. The van der Waals surface area contributed by atoms with Crippen LogP contribution in [-0.4, -0.2) is 41.3 Å². The summed E-state index contributed by atoms with van der Waals surface area (Å²) < 4.78 is 30.0. The molecule has 0 radical (unpaired) electrons. The van der Waals surface area contributed by atoms with Gasteiger partial charge in [0.25, 0.3) is 5.92 Å². The minimum atomic E-state index is -3.18. The van der Waals surface area contributed by atoms with Crippen molar-refractivity contribution in [3.8, 4) is 5.75 Å². The van der Waals surface area contributed by atoms with Gasteiger partial charge in [-0.05, 0) is 0 Å². The van der Waals surface area contributed by atoms with Gasteiger partial charge in [0.05, 0.1) is 26.0 Å². The van der Waals surface area contributed by atoms with Crippen molar-refractivity contribution < 1.29 is 18.6 Å². The predicted octanol–water partition coefficient (Wildman–Crippen LogP) is 0.525. The summed E-state index contributed by atoms with van der Waals surface area (Å²) in [6.07, 6.45) is 2.71. The summed E-state index contributed by atoms with van der Waals surface area (Å²) in [7, 11) is 1.45. The summed E-state index contributed by atoms with van der Waals surface area (Å²) in [5, 5.41) is 10.6. The van der Waals surface area contributed by atoms with E-state index in [0.717, 1.165) is 0 Å². The lowest BCUT2D eigenvalue weighted by molar-refractivity contribution is -0.0374. The van der Waals surface area contributed by atoms with E-state index in [0.29, 0.717) is 5.75 Å². The van der Waals surface area contributed by atoms with E-state index in [-0.39, 0.29) is 5.95 Å². The van der Waals surface area contributed by atoms with Crippen molar-refractivity contribution in [2.24, 2.45) is 0 Å². The van der Waals surface area contributed by atoms with Gasteiger partial charge in [-0.15, -0.1) is 0 Å². The fourth-order valence-electron chi connectivity index (χ4n) is 0.777. The molecule has 5 nitrogen and oxygen atoms in total. The number of methoxy groups -OCH3 is 1. The second-order valence-electron chi connectivity index (χ2n) is 2.81. The van der Waals surface area contributed by atoms with Gasteiger partial charge in [-0.3, -0.25) is 0 Å². The van der Waals surface area contributed by atoms with E-state index in [1.807, 2.05) is 0 Å². The summed E-state index contributed by atoms with van der Waals surface area (Å²) in [6, 6.07) is 0. The molecule has 0 spiro atoms. The molecule has 0 aromatic carbocycles. The molecule has 7 heteroatoms. The molecule has 0 aliphatic carbocycles. The van der Waals surface area contributed by atoms with Crippen LogP contribution in [0.15, 0.2) is 12.4 Å². The number of alkyl halides is 2. The Morgan fingerprint density at radius 2 is 2.07 bits per heavy atom. The van der Waals surface area contributed by atoms with Gasteiger partial charge in [0.1, 0.15) is 6.61 Å². The van der Waals surface area contributed by atoms with Crippen molar-refractivity contribution in [1.29, 1.82) is 0 Å². The largest absolute Gasteiger partial charge is 0.494 e. The number of ether oxygens (including phenoxy) is 1. The zero-order valence-corrected chi connectivity index (χ0v) is 8.07. The number of aliphatic hydroxyl groups is 1. The fraction of sp³-hybridized carbons (Fsp3) is 0.500. The highest BCUT2D eigenvalue weighted by Crippen LogP contribution is 2.13. The van der Waals surface area contributed by atoms with Gasteiger partial charge in [-0.1, -0.05) is 0 Å². The third kappa shape index (κ3) is 3.62. The lowest BCUT2D eigenvalue weighted by Crippen LogP contribution is -2.31. The fourth-order valence-corrected chi connectivity index (χ4v) is 0.777. The Labute approximate surface area is 85.1 Å². The molecule has 0 atom stereocenters. The lowest BCUT2D eigenvalue weighted by Gasteiger charge is -2.13. The van der Waals surface area contributed by atoms with Crippen LogP contribution in [0.2, 0.25) is 0 Å². The van der Waals surface area contributed by atoms with Crippen LogP contribution in [-0.2, 0) is 0 Å². The first-order valence-electron chi connectivity index (χ1n) is 4.16. The second kappa shape index (κ2) is 4.83. The molecule has 0 unspecified atom stereocenters. The molecule has 15 heavy (non-hydrogen) atoms.